The lowest BCUT2D eigenvalue weighted by Crippen LogP contribution is -2.32. The number of aryl methyl sites for hydroxylation is 2. The first-order valence-corrected chi connectivity index (χ1v) is 7.61. The number of halogens is 1. The zero-order valence-electron chi connectivity index (χ0n) is 12.7. The van der Waals surface area contributed by atoms with Crippen LogP contribution in [-0.2, 0) is 4.79 Å². The fourth-order valence-corrected chi connectivity index (χ4v) is 2.59. The Labute approximate surface area is 132 Å². The lowest BCUT2D eigenvalue weighted by atomic mass is 10.1. The lowest BCUT2D eigenvalue weighted by Gasteiger charge is -2.16. The molecule has 0 saturated carbocycles. The number of hydrogen-bond acceptors (Lipinski definition) is 3. The number of rotatable bonds is 7. The van der Waals surface area contributed by atoms with Gasteiger partial charge in [0, 0.05) is 37.2 Å². The smallest absolute Gasteiger partial charge is 0.223 e. The van der Waals surface area contributed by atoms with Crippen molar-refractivity contribution in [2.45, 2.75) is 25.2 Å². The third-order valence-electron chi connectivity index (χ3n) is 3.19. The first kappa shape index (κ1) is 19.3. The molecule has 20 heavy (non-hydrogen) atoms. The van der Waals surface area contributed by atoms with E-state index in [4.69, 9.17) is 0 Å². The maximum absolute atomic E-state index is 11.8. The predicted octanol–water partition coefficient (Wildman–Crippen LogP) is 2.89. The highest BCUT2D eigenvalue weighted by Crippen LogP contribution is 2.21. The van der Waals surface area contributed by atoms with E-state index in [2.05, 4.69) is 37.4 Å². The minimum Gasteiger partial charge on any atom is -0.344 e. The normalized spacial score (nSPS) is 10.0. The van der Waals surface area contributed by atoms with Gasteiger partial charge >= 0.3 is 0 Å². The lowest BCUT2D eigenvalue weighted by molar-refractivity contribution is -0.129. The molecule has 0 aliphatic rings. The molecule has 1 aromatic carbocycles. The fraction of sp³-hybridized carbons (Fsp3) is 0.533. The average Bonchev–Trinajstić information content (AvgIpc) is 2.39. The largest absolute Gasteiger partial charge is 0.344 e. The number of nitrogens with zero attached hydrogens (tertiary/aromatic N) is 1. The summed E-state index contributed by atoms with van der Waals surface area (Å²) in [6.45, 7) is 5.84. The third kappa shape index (κ3) is 6.64. The molecule has 0 heterocycles. The summed E-state index contributed by atoms with van der Waals surface area (Å²) in [4.78, 5) is 14.9. The van der Waals surface area contributed by atoms with E-state index >= 15 is 0 Å². The Bertz CT molecular complexity index is 426. The standard InChI is InChI=1S/C15H24N2OS.ClH/c1-12-5-6-14(11-13(12)2)19-10-7-15(18)17(4)9-8-16-3;/h5-6,11,16H,7-10H2,1-4H3;1H. The maximum atomic E-state index is 11.8. The summed E-state index contributed by atoms with van der Waals surface area (Å²) in [5.74, 6) is 1.05. The van der Waals surface area contributed by atoms with Crippen LogP contribution in [0.2, 0.25) is 0 Å². The van der Waals surface area contributed by atoms with Gasteiger partial charge in [-0.2, -0.15) is 0 Å². The van der Waals surface area contributed by atoms with Crippen LogP contribution in [0, 0.1) is 13.8 Å². The van der Waals surface area contributed by atoms with Gasteiger partial charge in [-0.05, 0) is 44.2 Å². The summed E-state index contributed by atoms with van der Waals surface area (Å²) in [5, 5.41) is 3.05. The second-order valence-electron chi connectivity index (χ2n) is 4.76. The van der Waals surface area contributed by atoms with Gasteiger partial charge in [-0.15, -0.1) is 24.2 Å². The molecular formula is C15H25ClN2OS. The Morgan fingerprint density at radius 2 is 2.00 bits per heavy atom. The first-order valence-electron chi connectivity index (χ1n) is 6.63. The number of thioether (sulfide) groups is 1. The van der Waals surface area contributed by atoms with E-state index in [0.717, 1.165) is 18.8 Å². The molecule has 0 spiro atoms. The van der Waals surface area contributed by atoms with Crippen LogP contribution in [0.1, 0.15) is 17.5 Å². The summed E-state index contributed by atoms with van der Waals surface area (Å²) in [7, 11) is 3.76. The highest BCUT2D eigenvalue weighted by atomic mass is 35.5. The molecule has 0 fully saturated rings. The van der Waals surface area contributed by atoms with Gasteiger partial charge in [0.1, 0.15) is 0 Å². The molecule has 0 aliphatic carbocycles. The van der Waals surface area contributed by atoms with E-state index < -0.39 is 0 Å². The molecule has 0 aliphatic heterocycles. The SMILES string of the molecule is CNCCN(C)C(=O)CCSc1ccc(C)c(C)c1.Cl. The molecule has 1 aromatic rings. The summed E-state index contributed by atoms with van der Waals surface area (Å²) in [5.41, 5.74) is 2.62. The van der Waals surface area contributed by atoms with E-state index in [9.17, 15) is 4.79 Å². The van der Waals surface area contributed by atoms with E-state index in [0.29, 0.717) is 6.42 Å². The van der Waals surface area contributed by atoms with Gasteiger partial charge in [-0.3, -0.25) is 4.79 Å². The van der Waals surface area contributed by atoms with Crippen molar-refractivity contribution in [3.8, 4) is 0 Å². The summed E-state index contributed by atoms with van der Waals surface area (Å²) in [6, 6.07) is 6.45. The van der Waals surface area contributed by atoms with Crippen molar-refractivity contribution in [2.24, 2.45) is 0 Å². The Hall–Kier alpha value is -0.710. The molecule has 5 heteroatoms. The molecule has 0 unspecified atom stereocenters. The molecular weight excluding hydrogens is 292 g/mol. The quantitative estimate of drug-likeness (QED) is 0.785. The Morgan fingerprint density at radius 1 is 1.30 bits per heavy atom. The highest BCUT2D eigenvalue weighted by molar-refractivity contribution is 7.99. The van der Waals surface area contributed by atoms with Crippen LogP contribution >= 0.6 is 24.2 Å². The molecule has 1 amide bonds. The molecule has 0 saturated heterocycles. The van der Waals surface area contributed by atoms with Crippen LogP contribution < -0.4 is 5.32 Å². The van der Waals surface area contributed by atoms with E-state index in [1.165, 1.54) is 16.0 Å². The van der Waals surface area contributed by atoms with Gasteiger partial charge in [-0.25, -0.2) is 0 Å². The van der Waals surface area contributed by atoms with Gasteiger partial charge in [0.25, 0.3) is 0 Å². The summed E-state index contributed by atoms with van der Waals surface area (Å²) in [6.07, 6.45) is 0.595. The molecule has 0 bridgehead atoms. The molecule has 0 radical (unpaired) electrons. The topological polar surface area (TPSA) is 32.3 Å². The van der Waals surface area contributed by atoms with E-state index in [1.54, 1.807) is 16.7 Å². The first-order chi connectivity index (χ1) is 9.04. The van der Waals surface area contributed by atoms with Gasteiger partial charge in [0.2, 0.25) is 5.91 Å². The third-order valence-corrected chi connectivity index (χ3v) is 4.18. The van der Waals surface area contributed by atoms with E-state index in [1.807, 2.05) is 14.1 Å². The fourth-order valence-electron chi connectivity index (χ4n) is 1.65. The monoisotopic (exact) mass is 316 g/mol. The van der Waals surface area contributed by atoms with Crippen molar-refractivity contribution in [3.63, 3.8) is 0 Å². The van der Waals surface area contributed by atoms with Crippen molar-refractivity contribution < 1.29 is 4.79 Å². The van der Waals surface area contributed by atoms with Gasteiger partial charge in [0.05, 0.1) is 0 Å². The Balaban J connectivity index is 0.00000361. The molecule has 0 aromatic heterocycles. The van der Waals surface area contributed by atoms with Crippen LogP contribution in [-0.4, -0.2) is 43.7 Å². The number of carbonyl (C=O) groups is 1. The second-order valence-corrected chi connectivity index (χ2v) is 5.93. The van der Waals surface area contributed by atoms with Crippen molar-refractivity contribution in [1.29, 1.82) is 0 Å². The van der Waals surface area contributed by atoms with E-state index in [-0.39, 0.29) is 18.3 Å². The minimum absolute atomic E-state index is 0. The number of hydrogen-bond donors (Lipinski definition) is 1. The molecule has 3 nitrogen and oxygen atoms in total. The highest BCUT2D eigenvalue weighted by Gasteiger charge is 2.08. The molecule has 1 N–H and O–H groups in total. The second kappa shape index (κ2) is 10.1. The van der Waals surface area contributed by atoms with Gasteiger partial charge in [-0.1, -0.05) is 6.07 Å². The molecule has 0 atom stereocenters. The zero-order chi connectivity index (χ0) is 14.3. The van der Waals surface area contributed by atoms with Crippen LogP contribution in [0.5, 0.6) is 0 Å². The molecule has 1 rings (SSSR count). The Morgan fingerprint density at radius 3 is 2.60 bits per heavy atom. The van der Waals surface area contributed by atoms with Gasteiger partial charge < -0.3 is 10.2 Å². The van der Waals surface area contributed by atoms with Crippen molar-refractivity contribution in [1.82, 2.24) is 10.2 Å². The van der Waals surface area contributed by atoms with Crippen molar-refractivity contribution in [3.05, 3.63) is 29.3 Å². The van der Waals surface area contributed by atoms with Crippen LogP contribution in [0.3, 0.4) is 0 Å². The maximum Gasteiger partial charge on any atom is 0.223 e. The van der Waals surface area contributed by atoms with Crippen LogP contribution in [0.15, 0.2) is 23.1 Å². The van der Waals surface area contributed by atoms with Gasteiger partial charge in [0.15, 0.2) is 0 Å². The zero-order valence-corrected chi connectivity index (χ0v) is 14.4. The van der Waals surface area contributed by atoms with Crippen molar-refractivity contribution in [2.75, 3.05) is 32.9 Å². The summed E-state index contributed by atoms with van der Waals surface area (Å²) < 4.78 is 0. The Kier molecular flexibility index (Phi) is 9.72. The average molecular weight is 317 g/mol. The number of amides is 1. The minimum atomic E-state index is 0. The number of carbonyl (C=O) groups excluding carboxylic acids is 1. The van der Waals surface area contributed by atoms with Crippen molar-refractivity contribution >= 4 is 30.1 Å². The molecule has 114 valence electrons. The number of benzene rings is 1. The number of likely N-dealkylation sites (N-methyl/N-ethyl adjacent to an activating group) is 2. The predicted molar refractivity (Wildman–Crippen MR) is 90.1 cm³/mol. The van der Waals surface area contributed by atoms with Crippen LogP contribution in [0.25, 0.3) is 0 Å². The van der Waals surface area contributed by atoms with Crippen LogP contribution in [0.4, 0.5) is 0 Å². The number of nitrogens with one attached hydrogen (secondary N) is 1. The summed E-state index contributed by atoms with van der Waals surface area (Å²) >= 11 is 1.75.